The highest BCUT2D eigenvalue weighted by Gasteiger charge is 2.30. The first-order valence-electron chi connectivity index (χ1n) is 5.61. The number of nitro groups is 1. The molecule has 7 heteroatoms. The number of rotatable bonds is 2. The average Bonchev–Trinajstić information content (AvgIpc) is 2.55. The van der Waals surface area contributed by atoms with Crippen molar-refractivity contribution >= 4 is 11.5 Å². The van der Waals surface area contributed by atoms with E-state index >= 15 is 0 Å². The van der Waals surface area contributed by atoms with Gasteiger partial charge in [0.25, 0.3) is 0 Å². The summed E-state index contributed by atoms with van der Waals surface area (Å²) in [6, 6.07) is 0. The lowest BCUT2D eigenvalue weighted by Gasteiger charge is -2.30. The van der Waals surface area contributed by atoms with Crippen molar-refractivity contribution in [2.45, 2.75) is 25.9 Å². The molecule has 1 fully saturated rings. The minimum absolute atomic E-state index is 0.0730. The Morgan fingerprint density at radius 1 is 1.47 bits per heavy atom. The number of aliphatic hydroxyl groups is 1. The Hall–Kier alpha value is -1.63. The van der Waals surface area contributed by atoms with Crippen LogP contribution in [-0.2, 0) is 7.05 Å². The second kappa shape index (κ2) is 4.33. The molecule has 7 nitrogen and oxygen atoms in total. The third-order valence-corrected chi connectivity index (χ3v) is 3.11. The summed E-state index contributed by atoms with van der Waals surface area (Å²) >= 11 is 0. The molecular formula is C10H16N4O3. The highest BCUT2D eigenvalue weighted by molar-refractivity contribution is 5.61. The van der Waals surface area contributed by atoms with E-state index in [1.807, 2.05) is 4.90 Å². The zero-order valence-electron chi connectivity index (χ0n) is 9.96. The van der Waals surface area contributed by atoms with Crippen LogP contribution in [0.5, 0.6) is 0 Å². The van der Waals surface area contributed by atoms with Gasteiger partial charge in [0.05, 0.1) is 11.0 Å². The molecule has 0 radical (unpaired) electrons. The number of aromatic nitrogens is 2. The normalized spacial score (nSPS) is 17.5. The Labute approximate surface area is 98.8 Å². The van der Waals surface area contributed by atoms with Gasteiger partial charge in [0.15, 0.2) is 0 Å². The lowest BCUT2D eigenvalue weighted by Crippen LogP contribution is -2.37. The van der Waals surface area contributed by atoms with E-state index in [4.69, 9.17) is 0 Å². The van der Waals surface area contributed by atoms with Gasteiger partial charge in [0.2, 0.25) is 5.82 Å². The van der Waals surface area contributed by atoms with Gasteiger partial charge in [-0.05, 0) is 19.8 Å². The fraction of sp³-hybridized carbons (Fsp3) is 0.700. The molecule has 1 aliphatic heterocycles. The fourth-order valence-electron chi connectivity index (χ4n) is 2.28. The van der Waals surface area contributed by atoms with Gasteiger partial charge in [-0.3, -0.25) is 10.1 Å². The van der Waals surface area contributed by atoms with Gasteiger partial charge >= 0.3 is 5.69 Å². The van der Waals surface area contributed by atoms with Crippen molar-refractivity contribution in [1.82, 2.24) is 9.78 Å². The molecule has 2 heterocycles. The molecule has 1 saturated heterocycles. The maximum absolute atomic E-state index is 11.0. The zero-order valence-corrected chi connectivity index (χ0v) is 9.96. The van der Waals surface area contributed by atoms with Gasteiger partial charge in [0.1, 0.15) is 5.69 Å². The van der Waals surface area contributed by atoms with Crippen LogP contribution in [0.2, 0.25) is 0 Å². The number of aryl methyl sites for hydroxylation is 2. The van der Waals surface area contributed by atoms with Crippen LogP contribution in [0, 0.1) is 17.0 Å². The maximum atomic E-state index is 11.0. The van der Waals surface area contributed by atoms with Gasteiger partial charge in [-0.25, -0.2) is 4.68 Å². The SMILES string of the molecule is Cc1nn(C)c(N2CCC(O)CC2)c1[N+](=O)[O-]. The first kappa shape index (κ1) is 11.8. The summed E-state index contributed by atoms with van der Waals surface area (Å²) in [5, 5.41) is 24.6. The number of aliphatic hydroxyl groups excluding tert-OH is 1. The number of anilines is 1. The third kappa shape index (κ3) is 2.10. The minimum atomic E-state index is -0.386. The van der Waals surface area contributed by atoms with Crippen LogP contribution in [0.1, 0.15) is 18.5 Å². The van der Waals surface area contributed by atoms with Gasteiger partial charge in [-0.2, -0.15) is 5.10 Å². The van der Waals surface area contributed by atoms with Crippen LogP contribution >= 0.6 is 0 Å². The Balaban J connectivity index is 2.34. The van der Waals surface area contributed by atoms with Crippen molar-refractivity contribution < 1.29 is 10.0 Å². The predicted molar refractivity (Wildman–Crippen MR) is 62.1 cm³/mol. The summed E-state index contributed by atoms with van der Waals surface area (Å²) in [4.78, 5) is 12.6. The van der Waals surface area contributed by atoms with Crippen LogP contribution in [0.4, 0.5) is 11.5 Å². The average molecular weight is 240 g/mol. The van der Waals surface area contributed by atoms with E-state index in [1.165, 1.54) is 0 Å². The van der Waals surface area contributed by atoms with Gasteiger partial charge in [0, 0.05) is 20.1 Å². The molecule has 0 spiro atoms. The van der Waals surface area contributed by atoms with Crippen LogP contribution in [0.25, 0.3) is 0 Å². The monoisotopic (exact) mass is 240 g/mol. The maximum Gasteiger partial charge on any atom is 0.333 e. The molecule has 0 aliphatic carbocycles. The lowest BCUT2D eigenvalue weighted by atomic mass is 10.1. The predicted octanol–water partition coefficient (Wildman–Crippen LogP) is 0.598. The standard InChI is InChI=1S/C10H16N4O3/c1-7-9(14(16)17)10(12(2)11-7)13-5-3-8(15)4-6-13/h8,15H,3-6H2,1-2H3. The zero-order chi connectivity index (χ0) is 12.6. The molecule has 1 N–H and O–H groups in total. The van der Waals surface area contributed by atoms with Crippen molar-refractivity contribution in [2.24, 2.45) is 7.05 Å². The van der Waals surface area contributed by atoms with Crippen molar-refractivity contribution in [1.29, 1.82) is 0 Å². The fourth-order valence-corrected chi connectivity index (χ4v) is 2.28. The summed E-state index contributed by atoms with van der Waals surface area (Å²) < 4.78 is 1.55. The topological polar surface area (TPSA) is 84.4 Å². The summed E-state index contributed by atoms with van der Waals surface area (Å²) in [5.74, 6) is 0.541. The number of nitrogens with zero attached hydrogens (tertiary/aromatic N) is 4. The van der Waals surface area contributed by atoms with Crippen LogP contribution in [0.15, 0.2) is 0 Å². The van der Waals surface area contributed by atoms with Crippen molar-refractivity contribution in [3.8, 4) is 0 Å². The van der Waals surface area contributed by atoms with Crippen LogP contribution in [0.3, 0.4) is 0 Å². The van der Waals surface area contributed by atoms with Gasteiger partial charge < -0.3 is 10.0 Å². The van der Waals surface area contributed by atoms with E-state index in [9.17, 15) is 15.2 Å². The molecule has 94 valence electrons. The molecular weight excluding hydrogens is 224 g/mol. The molecule has 2 rings (SSSR count). The largest absolute Gasteiger partial charge is 0.393 e. The molecule has 0 saturated carbocycles. The Bertz CT molecular complexity index is 435. The van der Waals surface area contributed by atoms with E-state index in [2.05, 4.69) is 5.10 Å². The lowest BCUT2D eigenvalue weighted by molar-refractivity contribution is -0.384. The first-order valence-corrected chi connectivity index (χ1v) is 5.61. The summed E-state index contributed by atoms with van der Waals surface area (Å²) in [6.07, 6.45) is 0.989. The molecule has 0 aromatic carbocycles. The quantitative estimate of drug-likeness (QED) is 0.604. The number of hydrogen-bond donors (Lipinski definition) is 1. The Morgan fingerprint density at radius 3 is 2.59 bits per heavy atom. The van der Waals surface area contributed by atoms with E-state index < -0.39 is 0 Å². The molecule has 0 bridgehead atoms. The van der Waals surface area contributed by atoms with Gasteiger partial charge in [-0.1, -0.05) is 0 Å². The molecule has 1 aromatic rings. The smallest absolute Gasteiger partial charge is 0.333 e. The van der Waals surface area contributed by atoms with Crippen molar-refractivity contribution in [3.63, 3.8) is 0 Å². The summed E-state index contributed by atoms with van der Waals surface area (Å²) in [5.41, 5.74) is 0.502. The molecule has 1 aromatic heterocycles. The van der Waals surface area contributed by atoms with Crippen LogP contribution in [-0.4, -0.2) is 39.0 Å². The van der Waals surface area contributed by atoms with Crippen molar-refractivity contribution in [3.05, 3.63) is 15.8 Å². The summed E-state index contributed by atoms with van der Waals surface area (Å²) in [6.45, 7) is 2.89. The number of piperidine rings is 1. The molecule has 17 heavy (non-hydrogen) atoms. The van der Waals surface area contributed by atoms with E-state index in [0.29, 0.717) is 37.4 Å². The second-order valence-electron chi connectivity index (χ2n) is 4.36. The molecule has 0 unspecified atom stereocenters. The van der Waals surface area contributed by atoms with E-state index in [-0.39, 0.29) is 16.7 Å². The van der Waals surface area contributed by atoms with Crippen molar-refractivity contribution in [2.75, 3.05) is 18.0 Å². The van der Waals surface area contributed by atoms with E-state index in [0.717, 1.165) is 0 Å². The minimum Gasteiger partial charge on any atom is -0.393 e. The molecule has 0 atom stereocenters. The summed E-state index contributed by atoms with van der Waals surface area (Å²) in [7, 11) is 1.71. The first-order chi connectivity index (χ1) is 8.00. The Kier molecular flexibility index (Phi) is 3.01. The highest BCUT2D eigenvalue weighted by Crippen LogP contribution is 2.32. The van der Waals surface area contributed by atoms with E-state index in [1.54, 1.807) is 18.7 Å². The number of hydrogen-bond acceptors (Lipinski definition) is 5. The highest BCUT2D eigenvalue weighted by atomic mass is 16.6. The Morgan fingerprint density at radius 2 is 2.06 bits per heavy atom. The van der Waals surface area contributed by atoms with Crippen LogP contribution < -0.4 is 4.90 Å². The third-order valence-electron chi connectivity index (χ3n) is 3.11. The molecule has 1 aliphatic rings. The van der Waals surface area contributed by atoms with Gasteiger partial charge in [-0.15, -0.1) is 0 Å². The second-order valence-corrected chi connectivity index (χ2v) is 4.36. The molecule has 0 amide bonds.